The summed E-state index contributed by atoms with van der Waals surface area (Å²) in [5.41, 5.74) is 1.52. The summed E-state index contributed by atoms with van der Waals surface area (Å²) in [6, 6.07) is 12.5. The number of anilines is 1. The molecule has 0 unspecified atom stereocenters. The summed E-state index contributed by atoms with van der Waals surface area (Å²) in [6.07, 6.45) is -0.997. The third-order valence-corrected chi connectivity index (χ3v) is 3.37. The maximum absolute atomic E-state index is 12.0. The fraction of sp³-hybridized carbons (Fsp3) is 0.222. The van der Waals surface area contributed by atoms with Gasteiger partial charge in [0.1, 0.15) is 5.75 Å². The molecule has 0 saturated carbocycles. The Morgan fingerprint density at radius 2 is 1.88 bits per heavy atom. The largest absolute Gasteiger partial charge is 0.482 e. The van der Waals surface area contributed by atoms with Crippen LogP contribution in [0.1, 0.15) is 12.5 Å². The number of carbonyl (C=O) groups is 2. The molecular formula is C18H18N2O6. The van der Waals surface area contributed by atoms with Gasteiger partial charge in [-0.1, -0.05) is 12.1 Å². The Kier molecular flexibility index (Phi) is 6.26. The van der Waals surface area contributed by atoms with Crippen LogP contribution in [0.4, 0.5) is 11.4 Å². The van der Waals surface area contributed by atoms with E-state index in [1.54, 1.807) is 18.2 Å². The molecule has 0 aliphatic heterocycles. The van der Waals surface area contributed by atoms with Crippen LogP contribution in [-0.4, -0.2) is 29.5 Å². The van der Waals surface area contributed by atoms with Gasteiger partial charge in [-0.15, -0.1) is 0 Å². The lowest BCUT2D eigenvalue weighted by Crippen LogP contribution is -2.31. The van der Waals surface area contributed by atoms with Gasteiger partial charge >= 0.3 is 5.97 Å². The molecular weight excluding hydrogens is 340 g/mol. The van der Waals surface area contributed by atoms with Crippen LogP contribution in [0.25, 0.3) is 0 Å². The second kappa shape index (κ2) is 8.61. The minimum Gasteiger partial charge on any atom is -0.482 e. The number of hydrogen-bond donors (Lipinski definition) is 1. The van der Waals surface area contributed by atoms with Gasteiger partial charge in [-0.3, -0.25) is 14.9 Å². The summed E-state index contributed by atoms with van der Waals surface area (Å²) in [5, 5.41) is 13.2. The Morgan fingerprint density at radius 1 is 1.19 bits per heavy atom. The highest BCUT2D eigenvalue weighted by Crippen LogP contribution is 2.17. The number of nitro benzene ring substituents is 1. The Morgan fingerprint density at radius 3 is 2.50 bits per heavy atom. The summed E-state index contributed by atoms with van der Waals surface area (Å²) >= 11 is 0. The Bertz CT molecular complexity index is 804. The molecule has 1 atom stereocenters. The van der Waals surface area contributed by atoms with E-state index in [1.165, 1.54) is 31.2 Å². The van der Waals surface area contributed by atoms with Crippen molar-refractivity contribution in [1.82, 2.24) is 0 Å². The maximum atomic E-state index is 12.0. The van der Waals surface area contributed by atoms with E-state index in [1.807, 2.05) is 13.0 Å². The molecule has 1 N–H and O–H groups in total. The predicted octanol–water partition coefficient (Wildman–Crippen LogP) is 2.85. The number of nitrogens with zero attached hydrogens (tertiary/aromatic N) is 1. The first-order valence-corrected chi connectivity index (χ1v) is 7.79. The van der Waals surface area contributed by atoms with Gasteiger partial charge in [-0.2, -0.15) is 0 Å². The van der Waals surface area contributed by atoms with Crippen molar-refractivity contribution < 1.29 is 24.0 Å². The number of amides is 1. The van der Waals surface area contributed by atoms with Crippen molar-refractivity contribution in [1.29, 1.82) is 0 Å². The zero-order valence-electron chi connectivity index (χ0n) is 14.3. The van der Waals surface area contributed by atoms with E-state index in [0.717, 1.165) is 5.56 Å². The third kappa shape index (κ3) is 5.59. The minimum absolute atomic E-state index is 0.0821. The van der Waals surface area contributed by atoms with Crippen LogP contribution in [-0.2, 0) is 14.3 Å². The molecule has 8 heteroatoms. The highest BCUT2D eigenvalue weighted by atomic mass is 16.6. The van der Waals surface area contributed by atoms with Crippen molar-refractivity contribution in [2.45, 2.75) is 20.0 Å². The molecule has 1 amide bonds. The first-order chi connectivity index (χ1) is 12.3. The van der Waals surface area contributed by atoms with Gasteiger partial charge in [0.05, 0.1) is 4.92 Å². The van der Waals surface area contributed by atoms with Gasteiger partial charge in [0.15, 0.2) is 12.7 Å². The fourth-order valence-electron chi connectivity index (χ4n) is 2.06. The second-order valence-corrected chi connectivity index (χ2v) is 5.53. The van der Waals surface area contributed by atoms with Crippen molar-refractivity contribution in [3.63, 3.8) is 0 Å². The van der Waals surface area contributed by atoms with E-state index >= 15 is 0 Å². The monoisotopic (exact) mass is 358 g/mol. The molecule has 0 aliphatic rings. The first-order valence-electron chi connectivity index (χ1n) is 7.79. The van der Waals surface area contributed by atoms with Crippen molar-refractivity contribution in [3.8, 4) is 5.75 Å². The topological polar surface area (TPSA) is 108 Å². The number of ether oxygens (including phenoxy) is 2. The van der Waals surface area contributed by atoms with E-state index in [4.69, 9.17) is 9.47 Å². The number of esters is 1. The molecule has 2 aromatic carbocycles. The summed E-state index contributed by atoms with van der Waals surface area (Å²) in [6.45, 7) is 2.93. The van der Waals surface area contributed by atoms with Crippen molar-refractivity contribution >= 4 is 23.3 Å². The van der Waals surface area contributed by atoms with Crippen LogP contribution in [0.15, 0.2) is 48.5 Å². The Labute approximate surface area is 149 Å². The SMILES string of the molecule is Cc1cccc(NC(=O)[C@@H](C)OC(=O)COc2ccc([N+](=O)[O-])cc2)c1. The molecule has 0 heterocycles. The van der Waals surface area contributed by atoms with Gasteiger partial charge < -0.3 is 14.8 Å². The van der Waals surface area contributed by atoms with Crippen molar-refractivity contribution in [2.24, 2.45) is 0 Å². The highest BCUT2D eigenvalue weighted by molar-refractivity contribution is 5.95. The van der Waals surface area contributed by atoms with Gasteiger partial charge in [-0.25, -0.2) is 4.79 Å². The first kappa shape index (κ1) is 18.9. The van der Waals surface area contributed by atoms with Gasteiger partial charge in [-0.05, 0) is 43.7 Å². The van der Waals surface area contributed by atoms with Crippen LogP contribution in [0.2, 0.25) is 0 Å². The number of nitro groups is 1. The predicted molar refractivity (Wildman–Crippen MR) is 94.0 cm³/mol. The molecule has 0 bridgehead atoms. The lowest BCUT2D eigenvalue weighted by atomic mass is 10.2. The molecule has 0 spiro atoms. The number of carbonyl (C=O) groups excluding carboxylic acids is 2. The van der Waals surface area contributed by atoms with Crippen LogP contribution >= 0.6 is 0 Å². The van der Waals surface area contributed by atoms with E-state index in [-0.39, 0.29) is 11.4 Å². The average molecular weight is 358 g/mol. The normalized spacial score (nSPS) is 11.3. The second-order valence-electron chi connectivity index (χ2n) is 5.53. The van der Waals surface area contributed by atoms with Crippen LogP contribution in [0, 0.1) is 17.0 Å². The third-order valence-electron chi connectivity index (χ3n) is 3.37. The Hall–Kier alpha value is -3.42. The van der Waals surface area contributed by atoms with E-state index in [9.17, 15) is 19.7 Å². The molecule has 0 aliphatic carbocycles. The lowest BCUT2D eigenvalue weighted by molar-refractivity contribution is -0.384. The number of hydrogen-bond acceptors (Lipinski definition) is 6. The maximum Gasteiger partial charge on any atom is 0.344 e. The molecule has 8 nitrogen and oxygen atoms in total. The Balaban J connectivity index is 1.80. The van der Waals surface area contributed by atoms with E-state index in [2.05, 4.69) is 5.32 Å². The molecule has 0 aromatic heterocycles. The molecule has 0 fully saturated rings. The summed E-state index contributed by atoms with van der Waals surface area (Å²) in [4.78, 5) is 33.8. The number of aryl methyl sites for hydroxylation is 1. The van der Waals surface area contributed by atoms with Gasteiger partial charge in [0.2, 0.25) is 0 Å². The van der Waals surface area contributed by atoms with Gasteiger partial charge in [0, 0.05) is 17.8 Å². The molecule has 2 aromatic rings. The van der Waals surface area contributed by atoms with Crippen LogP contribution in [0.3, 0.4) is 0 Å². The minimum atomic E-state index is -0.997. The lowest BCUT2D eigenvalue weighted by Gasteiger charge is -2.14. The molecule has 2 rings (SSSR count). The number of non-ortho nitro benzene ring substituents is 1. The highest BCUT2D eigenvalue weighted by Gasteiger charge is 2.18. The van der Waals surface area contributed by atoms with Crippen molar-refractivity contribution in [2.75, 3.05) is 11.9 Å². The number of benzene rings is 2. The molecule has 26 heavy (non-hydrogen) atoms. The fourth-order valence-corrected chi connectivity index (χ4v) is 2.06. The van der Waals surface area contributed by atoms with E-state index in [0.29, 0.717) is 5.69 Å². The van der Waals surface area contributed by atoms with Crippen LogP contribution in [0.5, 0.6) is 5.75 Å². The molecule has 0 radical (unpaired) electrons. The van der Waals surface area contributed by atoms with Crippen LogP contribution < -0.4 is 10.1 Å². The number of rotatable bonds is 7. The van der Waals surface area contributed by atoms with Gasteiger partial charge in [0.25, 0.3) is 11.6 Å². The standard InChI is InChI=1S/C18H18N2O6/c1-12-4-3-5-14(10-12)19-18(22)13(2)26-17(21)11-25-16-8-6-15(7-9-16)20(23)24/h3-10,13H,11H2,1-2H3,(H,19,22)/t13-/m1/s1. The smallest absolute Gasteiger partial charge is 0.344 e. The quantitative estimate of drug-likeness (QED) is 0.463. The zero-order chi connectivity index (χ0) is 19.1. The summed E-state index contributed by atoms with van der Waals surface area (Å²) in [5.74, 6) is -0.904. The summed E-state index contributed by atoms with van der Waals surface area (Å²) in [7, 11) is 0. The van der Waals surface area contributed by atoms with E-state index < -0.39 is 29.5 Å². The van der Waals surface area contributed by atoms with Crippen molar-refractivity contribution in [3.05, 3.63) is 64.2 Å². The average Bonchev–Trinajstić information content (AvgIpc) is 2.60. The number of nitrogens with one attached hydrogen (secondary N) is 1. The summed E-state index contributed by atoms with van der Waals surface area (Å²) < 4.78 is 10.2. The molecule has 136 valence electrons. The molecule has 0 saturated heterocycles. The zero-order valence-corrected chi connectivity index (χ0v) is 14.3.